The molecule has 0 heterocycles. The van der Waals surface area contributed by atoms with Gasteiger partial charge in [0.1, 0.15) is 0 Å². The van der Waals surface area contributed by atoms with Crippen LogP contribution in [0, 0.1) is 23.7 Å². The predicted molar refractivity (Wildman–Crippen MR) is 218 cm³/mol. The highest BCUT2D eigenvalue weighted by atomic mass is 16.1. The van der Waals surface area contributed by atoms with Crippen LogP contribution in [0.25, 0.3) is 21.5 Å². The van der Waals surface area contributed by atoms with Gasteiger partial charge in [-0.25, -0.2) is 0 Å². The zero-order chi connectivity index (χ0) is 36.5. The molecule has 3 aromatic carbocycles. The van der Waals surface area contributed by atoms with Gasteiger partial charge in [0.15, 0.2) is 11.6 Å². The molecule has 0 spiro atoms. The SMILES string of the molecule is CC(C)CCCN(CCCC(=O)c1cccc2cc3cccc(C(=O)CCCN(CCCC(C)C)CCCC(C)C)c3cc12)CCCC(C)C. The average molecular weight is 685 g/mol. The fourth-order valence-corrected chi connectivity index (χ4v) is 7.30. The summed E-state index contributed by atoms with van der Waals surface area (Å²) < 4.78 is 0. The summed E-state index contributed by atoms with van der Waals surface area (Å²) in [5.41, 5.74) is 1.58. The van der Waals surface area contributed by atoms with Crippen LogP contribution in [-0.2, 0) is 0 Å². The molecule has 0 saturated heterocycles. The Bertz CT molecular complexity index is 1310. The van der Waals surface area contributed by atoms with Crippen LogP contribution in [0.5, 0.6) is 0 Å². The van der Waals surface area contributed by atoms with Crippen LogP contribution >= 0.6 is 0 Å². The van der Waals surface area contributed by atoms with Crippen LogP contribution in [0.4, 0.5) is 0 Å². The molecular formula is C46H72N2O2. The van der Waals surface area contributed by atoms with E-state index in [0.29, 0.717) is 12.8 Å². The van der Waals surface area contributed by atoms with E-state index in [4.69, 9.17) is 0 Å². The fourth-order valence-electron chi connectivity index (χ4n) is 7.30. The van der Waals surface area contributed by atoms with Crippen LogP contribution in [0.1, 0.15) is 153 Å². The molecule has 0 aromatic heterocycles. The number of carbonyl (C=O) groups is 2. The van der Waals surface area contributed by atoms with Crippen molar-refractivity contribution in [3.63, 3.8) is 0 Å². The number of hydrogen-bond donors (Lipinski definition) is 0. The van der Waals surface area contributed by atoms with Crippen molar-refractivity contribution in [2.45, 2.75) is 132 Å². The summed E-state index contributed by atoms with van der Waals surface area (Å²) in [4.78, 5) is 32.7. The molecule has 0 atom stereocenters. The molecule has 0 radical (unpaired) electrons. The second-order valence-electron chi connectivity index (χ2n) is 16.8. The molecule has 3 rings (SSSR count). The Labute approximate surface area is 306 Å². The normalized spacial score (nSPS) is 12.3. The predicted octanol–water partition coefficient (Wildman–Crippen LogP) is 12.3. The van der Waals surface area contributed by atoms with Crippen molar-refractivity contribution in [2.24, 2.45) is 23.7 Å². The number of rotatable bonds is 26. The molecule has 3 aromatic rings. The molecule has 0 bridgehead atoms. The lowest BCUT2D eigenvalue weighted by molar-refractivity contribution is 0.0968. The van der Waals surface area contributed by atoms with Crippen molar-refractivity contribution in [3.8, 4) is 0 Å². The third kappa shape index (κ3) is 15.0. The average Bonchev–Trinajstić information content (AvgIpc) is 3.05. The van der Waals surface area contributed by atoms with Crippen LogP contribution in [-0.4, -0.2) is 60.6 Å². The molecule has 0 aliphatic rings. The Morgan fingerprint density at radius 1 is 0.460 bits per heavy atom. The third-order valence-corrected chi connectivity index (χ3v) is 10.3. The molecule has 4 heteroatoms. The molecule has 0 fully saturated rings. The molecule has 0 N–H and O–H groups in total. The van der Waals surface area contributed by atoms with Gasteiger partial charge in [-0.3, -0.25) is 9.59 Å². The van der Waals surface area contributed by atoms with Gasteiger partial charge in [0.05, 0.1) is 0 Å². The van der Waals surface area contributed by atoms with Crippen molar-refractivity contribution >= 4 is 33.1 Å². The highest BCUT2D eigenvalue weighted by molar-refractivity contribution is 6.15. The largest absolute Gasteiger partial charge is 0.303 e. The number of carbonyl (C=O) groups excluding carboxylic acids is 2. The fraction of sp³-hybridized carbons (Fsp3) is 0.652. The van der Waals surface area contributed by atoms with Gasteiger partial charge < -0.3 is 9.80 Å². The Kier molecular flexibility index (Phi) is 18.7. The van der Waals surface area contributed by atoms with E-state index in [-0.39, 0.29) is 11.6 Å². The molecule has 0 unspecified atom stereocenters. The van der Waals surface area contributed by atoms with Crippen LogP contribution in [0.2, 0.25) is 0 Å². The van der Waals surface area contributed by atoms with Crippen molar-refractivity contribution in [3.05, 3.63) is 59.7 Å². The molecule has 0 saturated carbocycles. The Hall–Kier alpha value is -2.56. The number of ketones is 2. The van der Waals surface area contributed by atoms with E-state index < -0.39 is 0 Å². The number of fused-ring (bicyclic) bond motifs is 2. The van der Waals surface area contributed by atoms with Crippen LogP contribution in [0.3, 0.4) is 0 Å². The first kappa shape index (κ1) is 41.9. The first-order valence-corrected chi connectivity index (χ1v) is 20.4. The molecule has 278 valence electrons. The summed E-state index contributed by atoms with van der Waals surface area (Å²) in [5.74, 6) is 3.33. The summed E-state index contributed by atoms with van der Waals surface area (Å²) in [5, 5.41) is 4.07. The maximum absolute atomic E-state index is 13.7. The van der Waals surface area contributed by atoms with E-state index in [2.05, 4.69) is 89.5 Å². The zero-order valence-corrected chi connectivity index (χ0v) is 33.4. The van der Waals surface area contributed by atoms with E-state index in [1.165, 1.54) is 51.4 Å². The lowest BCUT2D eigenvalue weighted by Crippen LogP contribution is -2.28. The molecule has 0 aliphatic heterocycles. The Balaban J connectivity index is 1.69. The highest BCUT2D eigenvalue weighted by Gasteiger charge is 2.16. The quantitative estimate of drug-likeness (QED) is 0.0623. The lowest BCUT2D eigenvalue weighted by atomic mass is 9.92. The van der Waals surface area contributed by atoms with Gasteiger partial charge in [-0.1, -0.05) is 91.8 Å². The molecule has 50 heavy (non-hydrogen) atoms. The molecule has 0 aliphatic carbocycles. The summed E-state index contributed by atoms with van der Waals surface area (Å²) in [6, 6.07) is 16.5. The minimum absolute atomic E-state index is 0.207. The monoisotopic (exact) mass is 685 g/mol. The number of benzene rings is 3. The summed E-state index contributed by atoms with van der Waals surface area (Å²) in [6.07, 6.45) is 12.8. The smallest absolute Gasteiger partial charge is 0.163 e. The molecular weight excluding hydrogens is 613 g/mol. The summed E-state index contributed by atoms with van der Waals surface area (Å²) in [7, 11) is 0. The summed E-state index contributed by atoms with van der Waals surface area (Å²) in [6.45, 7) is 24.8. The lowest BCUT2D eigenvalue weighted by Gasteiger charge is -2.23. The summed E-state index contributed by atoms with van der Waals surface area (Å²) >= 11 is 0. The van der Waals surface area contributed by atoms with E-state index >= 15 is 0 Å². The van der Waals surface area contributed by atoms with Gasteiger partial charge in [0, 0.05) is 24.0 Å². The second-order valence-corrected chi connectivity index (χ2v) is 16.8. The molecule has 4 nitrogen and oxygen atoms in total. The van der Waals surface area contributed by atoms with E-state index in [1.54, 1.807) is 0 Å². The maximum Gasteiger partial charge on any atom is 0.163 e. The van der Waals surface area contributed by atoms with Crippen LogP contribution in [0.15, 0.2) is 48.5 Å². The number of Topliss-reactive ketones (excluding diaryl/α,β-unsaturated/α-hetero) is 2. The van der Waals surface area contributed by atoms with E-state index in [0.717, 1.165) is 108 Å². The van der Waals surface area contributed by atoms with Gasteiger partial charge in [-0.05, 0) is 161 Å². The Morgan fingerprint density at radius 3 is 1.10 bits per heavy atom. The van der Waals surface area contributed by atoms with Crippen LogP contribution < -0.4 is 0 Å². The highest BCUT2D eigenvalue weighted by Crippen LogP contribution is 2.29. The second kappa shape index (κ2) is 22.4. The molecule has 0 amide bonds. The maximum atomic E-state index is 13.7. The first-order chi connectivity index (χ1) is 23.9. The van der Waals surface area contributed by atoms with Gasteiger partial charge in [0.2, 0.25) is 0 Å². The first-order valence-electron chi connectivity index (χ1n) is 20.4. The minimum Gasteiger partial charge on any atom is -0.303 e. The third-order valence-electron chi connectivity index (χ3n) is 10.3. The van der Waals surface area contributed by atoms with Gasteiger partial charge in [-0.2, -0.15) is 0 Å². The number of nitrogens with zero attached hydrogens (tertiary/aromatic N) is 2. The topological polar surface area (TPSA) is 40.6 Å². The van der Waals surface area contributed by atoms with Gasteiger partial charge in [0.25, 0.3) is 0 Å². The number of hydrogen-bond acceptors (Lipinski definition) is 4. The van der Waals surface area contributed by atoms with Crippen molar-refractivity contribution in [1.82, 2.24) is 9.80 Å². The van der Waals surface area contributed by atoms with E-state index in [1.807, 2.05) is 24.3 Å². The zero-order valence-electron chi connectivity index (χ0n) is 33.4. The Morgan fingerprint density at radius 2 is 0.780 bits per heavy atom. The van der Waals surface area contributed by atoms with Gasteiger partial charge in [-0.15, -0.1) is 0 Å². The standard InChI is InChI=1S/C46H72N2O2/c1-35(2)17-11-27-47(28-12-18-36(3)4)31-15-25-45(49)41-23-9-21-39-33-40-22-10-24-42(44(40)34-43(39)41)46(50)26-16-32-48(29-13-19-37(5)6)30-14-20-38(7)8/h9-10,21-24,33-38H,11-20,25-32H2,1-8H3. The van der Waals surface area contributed by atoms with Crippen molar-refractivity contribution in [2.75, 3.05) is 39.3 Å². The minimum atomic E-state index is 0.207. The van der Waals surface area contributed by atoms with Crippen molar-refractivity contribution in [1.29, 1.82) is 0 Å². The van der Waals surface area contributed by atoms with Gasteiger partial charge >= 0.3 is 0 Å². The van der Waals surface area contributed by atoms with Crippen molar-refractivity contribution < 1.29 is 9.59 Å². The van der Waals surface area contributed by atoms with E-state index in [9.17, 15) is 9.59 Å².